The van der Waals surface area contributed by atoms with Gasteiger partial charge in [0, 0.05) is 12.5 Å². The number of nitrogens with one attached hydrogen (secondary N) is 1. The van der Waals surface area contributed by atoms with Crippen LogP contribution in [0.15, 0.2) is 23.8 Å². The molecule has 0 bridgehead atoms. The van der Waals surface area contributed by atoms with Crippen molar-refractivity contribution in [3.63, 3.8) is 0 Å². The summed E-state index contributed by atoms with van der Waals surface area (Å²) in [5.74, 6) is 0.252. The van der Waals surface area contributed by atoms with E-state index >= 15 is 0 Å². The summed E-state index contributed by atoms with van der Waals surface area (Å²) in [6, 6.07) is 0. The van der Waals surface area contributed by atoms with E-state index in [0.29, 0.717) is 12.5 Å². The van der Waals surface area contributed by atoms with Crippen molar-refractivity contribution in [2.24, 2.45) is 5.92 Å². The molecule has 0 spiro atoms. The van der Waals surface area contributed by atoms with Crippen molar-refractivity contribution < 1.29 is 9.90 Å². The van der Waals surface area contributed by atoms with Crippen LogP contribution >= 0.6 is 0 Å². The first-order valence-corrected chi connectivity index (χ1v) is 3.99. The largest absolute Gasteiger partial charge is 0.395 e. The zero-order valence-corrected chi connectivity index (χ0v) is 7.08. The van der Waals surface area contributed by atoms with Crippen LogP contribution in [0.4, 0.5) is 0 Å². The summed E-state index contributed by atoms with van der Waals surface area (Å²) in [6.07, 6.45) is 5.44. The molecule has 1 atom stereocenters. The van der Waals surface area contributed by atoms with Gasteiger partial charge >= 0.3 is 0 Å². The topological polar surface area (TPSA) is 49.3 Å². The lowest BCUT2D eigenvalue weighted by atomic mass is 10.3. The lowest BCUT2D eigenvalue weighted by Gasteiger charge is -1.96. The minimum atomic E-state index is -0.142. The van der Waals surface area contributed by atoms with E-state index in [-0.39, 0.29) is 12.5 Å². The molecule has 1 aliphatic carbocycles. The Morgan fingerprint density at radius 3 is 3.00 bits per heavy atom. The molecule has 0 aliphatic heterocycles. The highest BCUT2D eigenvalue weighted by atomic mass is 16.3. The van der Waals surface area contributed by atoms with E-state index in [1.165, 1.54) is 11.6 Å². The standard InChI is InChI=1S/C9H13NO2/c1-7-6-8(7)2-3-9(12)10-4-5-11/h2-3,6,8,11H,4-5H2,1H3,(H,10,12)/b3-2+. The van der Waals surface area contributed by atoms with E-state index in [2.05, 4.69) is 11.4 Å². The lowest BCUT2D eigenvalue weighted by Crippen LogP contribution is -2.24. The predicted molar refractivity (Wildman–Crippen MR) is 46.5 cm³/mol. The van der Waals surface area contributed by atoms with Gasteiger partial charge in [-0.05, 0) is 13.0 Å². The minimum Gasteiger partial charge on any atom is -0.395 e. The second-order valence-electron chi connectivity index (χ2n) is 2.81. The maximum absolute atomic E-state index is 10.9. The third-order valence-corrected chi connectivity index (χ3v) is 1.73. The van der Waals surface area contributed by atoms with Crippen molar-refractivity contribution >= 4 is 5.91 Å². The van der Waals surface area contributed by atoms with Crippen molar-refractivity contribution in [1.82, 2.24) is 5.32 Å². The van der Waals surface area contributed by atoms with Gasteiger partial charge in [-0.3, -0.25) is 4.79 Å². The van der Waals surface area contributed by atoms with Crippen molar-refractivity contribution in [3.05, 3.63) is 23.8 Å². The second-order valence-corrected chi connectivity index (χ2v) is 2.81. The summed E-state index contributed by atoms with van der Waals surface area (Å²) in [5, 5.41) is 10.9. The molecule has 0 aromatic rings. The Morgan fingerprint density at radius 2 is 2.50 bits per heavy atom. The molecule has 12 heavy (non-hydrogen) atoms. The molecule has 0 saturated heterocycles. The Morgan fingerprint density at radius 1 is 1.83 bits per heavy atom. The van der Waals surface area contributed by atoms with Gasteiger partial charge in [0.05, 0.1) is 6.61 Å². The number of carbonyl (C=O) groups excluding carboxylic acids is 1. The van der Waals surface area contributed by atoms with Crippen molar-refractivity contribution in [2.75, 3.05) is 13.2 Å². The van der Waals surface area contributed by atoms with Crippen LogP contribution < -0.4 is 5.32 Å². The first kappa shape index (κ1) is 9.00. The monoisotopic (exact) mass is 167 g/mol. The van der Waals surface area contributed by atoms with Gasteiger partial charge in [0.2, 0.25) is 5.91 Å². The Hall–Kier alpha value is -1.09. The molecule has 0 saturated carbocycles. The summed E-state index contributed by atoms with van der Waals surface area (Å²) in [5.41, 5.74) is 1.31. The van der Waals surface area contributed by atoms with Gasteiger partial charge in [-0.1, -0.05) is 17.7 Å². The molecule has 1 rings (SSSR count). The van der Waals surface area contributed by atoms with Crippen LogP contribution in [0.5, 0.6) is 0 Å². The number of hydrogen-bond acceptors (Lipinski definition) is 2. The lowest BCUT2D eigenvalue weighted by molar-refractivity contribution is -0.116. The van der Waals surface area contributed by atoms with E-state index in [0.717, 1.165) is 0 Å². The number of rotatable bonds is 4. The maximum Gasteiger partial charge on any atom is 0.243 e. The summed E-state index contributed by atoms with van der Waals surface area (Å²) in [7, 11) is 0. The average Bonchev–Trinajstić information content (AvgIpc) is 2.75. The van der Waals surface area contributed by atoms with Crippen LogP contribution in [0.2, 0.25) is 0 Å². The normalized spacial score (nSPS) is 20.8. The van der Waals surface area contributed by atoms with Crippen LogP contribution in [0.3, 0.4) is 0 Å². The molecule has 0 heterocycles. The van der Waals surface area contributed by atoms with Gasteiger partial charge in [-0.25, -0.2) is 0 Å². The quantitative estimate of drug-likeness (QED) is 0.465. The summed E-state index contributed by atoms with van der Waals surface area (Å²) in [4.78, 5) is 10.9. The average molecular weight is 167 g/mol. The molecule has 3 nitrogen and oxygen atoms in total. The van der Waals surface area contributed by atoms with Crippen LogP contribution in [-0.4, -0.2) is 24.2 Å². The fourth-order valence-corrected chi connectivity index (χ4v) is 0.872. The van der Waals surface area contributed by atoms with E-state index in [4.69, 9.17) is 5.11 Å². The zero-order valence-electron chi connectivity index (χ0n) is 7.08. The fraction of sp³-hybridized carbons (Fsp3) is 0.444. The molecule has 0 fully saturated rings. The number of aliphatic hydroxyl groups is 1. The third kappa shape index (κ3) is 2.88. The van der Waals surface area contributed by atoms with Crippen LogP contribution in [0.1, 0.15) is 6.92 Å². The molecule has 2 N–H and O–H groups in total. The van der Waals surface area contributed by atoms with E-state index < -0.39 is 0 Å². The van der Waals surface area contributed by atoms with Gasteiger partial charge in [-0.15, -0.1) is 0 Å². The molecule has 1 unspecified atom stereocenters. The Labute approximate surface area is 71.8 Å². The Balaban J connectivity index is 2.13. The highest BCUT2D eigenvalue weighted by Crippen LogP contribution is 2.28. The highest BCUT2D eigenvalue weighted by molar-refractivity contribution is 5.87. The van der Waals surface area contributed by atoms with Crippen molar-refractivity contribution in [2.45, 2.75) is 6.92 Å². The van der Waals surface area contributed by atoms with E-state index in [1.807, 2.05) is 13.0 Å². The molecule has 0 aromatic heterocycles. The fourth-order valence-electron chi connectivity index (χ4n) is 0.872. The van der Waals surface area contributed by atoms with Gasteiger partial charge in [-0.2, -0.15) is 0 Å². The van der Waals surface area contributed by atoms with Crippen LogP contribution in [-0.2, 0) is 4.79 Å². The molecule has 1 aliphatic rings. The second kappa shape index (κ2) is 4.07. The molecule has 3 heteroatoms. The smallest absolute Gasteiger partial charge is 0.243 e. The van der Waals surface area contributed by atoms with Crippen molar-refractivity contribution in [1.29, 1.82) is 0 Å². The maximum atomic E-state index is 10.9. The number of amides is 1. The molecular formula is C9H13NO2. The number of aliphatic hydroxyl groups excluding tert-OH is 1. The first-order valence-electron chi connectivity index (χ1n) is 3.99. The summed E-state index contributed by atoms with van der Waals surface area (Å²) >= 11 is 0. The Bertz CT molecular complexity index is 231. The predicted octanol–water partition coefficient (Wildman–Crippen LogP) is 0.227. The third-order valence-electron chi connectivity index (χ3n) is 1.73. The number of carbonyl (C=O) groups is 1. The summed E-state index contributed by atoms with van der Waals surface area (Å²) in [6.45, 7) is 2.33. The highest BCUT2D eigenvalue weighted by Gasteiger charge is 2.15. The van der Waals surface area contributed by atoms with Gasteiger partial charge in [0.25, 0.3) is 0 Å². The van der Waals surface area contributed by atoms with Gasteiger partial charge in [0.1, 0.15) is 0 Å². The SMILES string of the molecule is CC1=CC1/C=C/C(=O)NCCO. The van der Waals surface area contributed by atoms with Gasteiger partial charge in [0.15, 0.2) is 0 Å². The van der Waals surface area contributed by atoms with E-state index in [9.17, 15) is 4.79 Å². The molecule has 0 radical (unpaired) electrons. The Kier molecular flexibility index (Phi) is 3.05. The number of hydrogen-bond donors (Lipinski definition) is 2. The van der Waals surface area contributed by atoms with E-state index in [1.54, 1.807) is 0 Å². The zero-order chi connectivity index (χ0) is 8.97. The molecular weight excluding hydrogens is 154 g/mol. The molecule has 0 aromatic carbocycles. The first-order chi connectivity index (χ1) is 5.74. The minimum absolute atomic E-state index is 0.0136. The van der Waals surface area contributed by atoms with Crippen molar-refractivity contribution in [3.8, 4) is 0 Å². The summed E-state index contributed by atoms with van der Waals surface area (Å²) < 4.78 is 0. The van der Waals surface area contributed by atoms with Crippen LogP contribution in [0.25, 0.3) is 0 Å². The van der Waals surface area contributed by atoms with Crippen LogP contribution in [0, 0.1) is 5.92 Å². The molecule has 66 valence electrons. The molecule has 1 amide bonds. The number of allylic oxidation sites excluding steroid dienone is 3. The van der Waals surface area contributed by atoms with Gasteiger partial charge < -0.3 is 10.4 Å².